The van der Waals surface area contributed by atoms with Gasteiger partial charge in [0.1, 0.15) is 5.56 Å². The van der Waals surface area contributed by atoms with Gasteiger partial charge in [-0.25, -0.2) is 4.79 Å². The molecule has 24 heavy (non-hydrogen) atoms. The van der Waals surface area contributed by atoms with Crippen LogP contribution in [-0.2, 0) is 0 Å². The second kappa shape index (κ2) is 5.87. The molecule has 1 atom stereocenters. The Morgan fingerprint density at radius 1 is 1.25 bits per heavy atom. The smallest absolute Gasteiger partial charge is 0.341 e. The predicted octanol–water partition coefficient (Wildman–Crippen LogP) is 0.945. The van der Waals surface area contributed by atoms with Crippen molar-refractivity contribution in [2.75, 3.05) is 31.1 Å². The molecule has 2 aromatic rings. The summed E-state index contributed by atoms with van der Waals surface area (Å²) in [5.74, 6) is -1.16. The normalized spacial score (nSPS) is 18.1. The molecule has 6 nitrogen and oxygen atoms in total. The van der Waals surface area contributed by atoms with E-state index in [0.29, 0.717) is 11.4 Å². The number of fused-ring (bicyclic) bond motifs is 1. The molecule has 1 aromatic carbocycles. The fourth-order valence-corrected chi connectivity index (χ4v) is 3.82. The van der Waals surface area contributed by atoms with E-state index in [-0.39, 0.29) is 5.56 Å². The maximum absolute atomic E-state index is 12.6. The first-order valence-corrected chi connectivity index (χ1v) is 8.81. The molecule has 0 amide bonds. The van der Waals surface area contributed by atoms with E-state index in [9.17, 15) is 14.7 Å². The van der Waals surface area contributed by atoms with Crippen LogP contribution >= 0.6 is 9.24 Å². The molecule has 1 aliphatic carbocycles. The molecule has 0 spiro atoms. The van der Waals surface area contributed by atoms with Crippen molar-refractivity contribution in [3.63, 3.8) is 0 Å². The molecule has 2 fully saturated rings. The largest absolute Gasteiger partial charge is 0.477 e. The molecule has 1 saturated heterocycles. The topological polar surface area (TPSA) is 74.6 Å². The second-order valence-electron chi connectivity index (χ2n) is 6.48. The van der Waals surface area contributed by atoms with Gasteiger partial charge >= 0.3 is 5.97 Å². The maximum Gasteiger partial charge on any atom is 0.341 e. The zero-order valence-corrected chi connectivity index (χ0v) is 14.4. The summed E-state index contributed by atoms with van der Waals surface area (Å²) in [5.41, 5.74) is 1.40. The summed E-state index contributed by atoms with van der Waals surface area (Å²) in [6.07, 6.45) is 3.58. The van der Waals surface area contributed by atoms with E-state index < -0.39 is 11.4 Å². The van der Waals surface area contributed by atoms with Crippen LogP contribution in [0.15, 0.2) is 23.1 Å². The van der Waals surface area contributed by atoms with Gasteiger partial charge in [-0.2, -0.15) is 0 Å². The molecule has 7 heteroatoms. The first-order chi connectivity index (χ1) is 11.6. The third kappa shape index (κ3) is 2.60. The van der Waals surface area contributed by atoms with Crippen LogP contribution < -0.4 is 21.0 Å². The van der Waals surface area contributed by atoms with Crippen molar-refractivity contribution >= 4 is 37.1 Å². The van der Waals surface area contributed by atoms with Gasteiger partial charge in [-0.3, -0.25) is 4.79 Å². The number of pyridine rings is 1. The van der Waals surface area contributed by atoms with Gasteiger partial charge in [0.25, 0.3) is 0 Å². The molecular formula is C17H20N3O3P. The Hall–Kier alpha value is -1.91. The van der Waals surface area contributed by atoms with E-state index >= 15 is 0 Å². The van der Waals surface area contributed by atoms with Crippen LogP contribution in [0, 0.1) is 0 Å². The zero-order chi connectivity index (χ0) is 16.8. The SMILES string of the molecule is O=C(O)c1cn(C2CC2)c2cc(N3CCNCC3)c(P)cc2c1=O. The van der Waals surface area contributed by atoms with E-state index in [1.165, 1.54) is 6.20 Å². The lowest BCUT2D eigenvalue weighted by Gasteiger charge is -2.31. The summed E-state index contributed by atoms with van der Waals surface area (Å²) in [7, 11) is 2.69. The highest BCUT2D eigenvalue weighted by molar-refractivity contribution is 7.28. The fourth-order valence-electron chi connectivity index (χ4n) is 3.39. The van der Waals surface area contributed by atoms with Crippen molar-refractivity contribution < 1.29 is 9.90 Å². The van der Waals surface area contributed by atoms with Crippen LogP contribution in [-0.4, -0.2) is 41.8 Å². The number of rotatable bonds is 3. The van der Waals surface area contributed by atoms with Crippen LogP contribution in [0.4, 0.5) is 5.69 Å². The average Bonchev–Trinajstić information content (AvgIpc) is 3.40. The average molecular weight is 345 g/mol. The number of nitrogens with one attached hydrogen (secondary N) is 1. The molecule has 1 aromatic heterocycles. The number of piperazine rings is 1. The van der Waals surface area contributed by atoms with Crippen molar-refractivity contribution in [3.05, 3.63) is 34.1 Å². The standard InChI is InChI=1S/C17H20N3O3P/c21-16-11-7-15(24)14(19-5-3-18-4-6-19)8-13(11)20(10-1-2-10)9-12(16)17(22)23/h7-10,18H,1-6,24H2,(H,22,23). The fraction of sp³-hybridized carbons (Fsp3) is 0.412. The molecule has 1 unspecified atom stereocenters. The Morgan fingerprint density at radius 3 is 2.58 bits per heavy atom. The third-order valence-electron chi connectivity index (χ3n) is 4.81. The molecule has 2 aliphatic rings. The number of anilines is 1. The molecule has 2 N–H and O–H groups in total. The van der Waals surface area contributed by atoms with E-state index in [2.05, 4.69) is 19.5 Å². The van der Waals surface area contributed by atoms with Crippen molar-refractivity contribution in [1.82, 2.24) is 9.88 Å². The number of nitrogens with zero attached hydrogens (tertiary/aromatic N) is 2. The van der Waals surface area contributed by atoms with Gasteiger partial charge in [0.2, 0.25) is 5.43 Å². The van der Waals surface area contributed by atoms with E-state index in [1.807, 2.05) is 16.7 Å². The minimum Gasteiger partial charge on any atom is -0.477 e. The van der Waals surface area contributed by atoms with Crippen LogP contribution in [0.2, 0.25) is 0 Å². The number of benzene rings is 1. The molecule has 0 bridgehead atoms. The molecule has 1 saturated carbocycles. The van der Waals surface area contributed by atoms with Gasteiger partial charge in [-0.1, -0.05) is 0 Å². The van der Waals surface area contributed by atoms with Crippen LogP contribution in [0.1, 0.15) is 29.2 Å². The molecule has 0 radical (unpaired) electrons. The molecular weight excluding hydrogens is 325 g/mol. The van der Waals surface area contributed by atoms with E-state index in [1.54, 1.807) is 0 Å². The van der Waals surface area contributed by atoms with Crippen molar-refractivity contribution in [1.29, 1.82) is 0 Å². The lowest BCUT2D eigenvalue weighted by atomic mass is 10.1. The molecule has 4 rings (SSSR count). The number of aromatic nitrogens is 1. The Morgan fingerprint density at radius 2 is 1.96 bits per heavy atom. The number of carbonyl (C=O) groups is 1. The summed E-state index contributed by atoms with van der Waals surface area (Å²) in [6, 6.07) is 4.18. The number of carboxylic acids is 1. The highest BCUT2D eigenvalue weighted by atomic mass is 31.0. The van der Waals surface area contributed by atoms with Gasteiger partial charge in [0, 0.05) is 49.5 Å². The monoisotopic (exact) mass is 345 g/mol. The summed E-state index contributed by atoms with van der Waals surface area (Å²) in [5, 5.41) is 14.1. The van der Waals surface area contributed by atoms with Crippen molar-refractivity contribution in [2.45, 2.75) is 18.9 Å². The van der Waals surface area contributed by atoms with Crippen LogP contribution in [0.5, 0.6) is 0 Å². The van der Waals surface area contributed by atoms with E-state index in [4.69, 9.17) is 0 Å². The number of carboxylic acid groups (broad SMARTS) is 1. The Bertz CT molecular complexity index is 883. The highest BCUT2D eigenvalue weighted by Crippen LogP contribution is 2.37. The Labute approximate surface area is 141 Å². The van der Waals surface area contributed by atoms with Crippen LogP contribution in [0.3, 0.4) is 0 Å². The second-order valence-corrected chi connectivity index (χ2v) is 7.10. The van der Waals surface area contributed by atoms with Gasteiger partial charge in [0.05, 0.1) is 5.52 Å². The summed E-state index contributed by atoms with van der Waals surface area (Å²) >= 11 is 0. The first-order valence-electron chi connectivity index (χ1n) is 8.23. The quantitative estimate of drug-likeness (QED) is 0.810. The lowest BCUT2D eigenvalue weighted by molar-refractivity contribution is 0.0695. The summed E-state index contributed by atoms with van der Waals surface area (Å²) < 4.78 is 1.98. The predicted molar refractivity (Wildman–Crippen MR) is 97.9 cm³/mol. The number of hydrogen-bond acceptors (Lipinski definition) is 4. The van der Waals surface area contributed by atoms with Gasteiger partial charge < -0.3 is 19.9 Å². The number of aromatic carboxylic acids is 1. The molecule has 126 valence electrons. The van der Waals surface area contributed by atoms with Crippen LogP contribution in [0.25, 0.3) is 10.9 Å². The third-order valence-corrected chi connectivity index (χ3v) is 5.27. The van der Waals surface area contributed by atoms with Gasteiger partial charge in [-0.15, -0.1) is 9.24 Å². The zero-order valence-electron chi connectivity index (χ0n) is 13.3. The van der Waals surface area contributed by atoms with E-state index in [0.717, 1.165) is 55.5 Å². The minimum atomic E-state index is -1.16. The minimum absolute atomic E-state index is 0.145. The molecule has 1 aliphatic heterocycles. The lowest BCUT2D eigenvalue weighted by Crippen LogP contribution is -2.44. The first kappa shape index (κ1) is 15.6. The van der Waals surface area contributed by atoms with Gasteiger partial charge in [-0.05, 0) is 30.3 Å². The maximum atomic E-state index is 12.6. The Kier molecular flexibility index (Phi) is 3.82. The van der Waals surface area contributed by atoms with Crippen molar-refractivity contribution in [3.8, 4) is 0 Å². The number of hydrogen-bond donors (Lipinski definition) is 2. The van der Waals surface area contributed by atoms with Crippen molar-refractivity contribution in [2.24, 2.45) is 0 Å². The summed E-state index contributed by atoms with van der Waals surface area (Å²) in [4.78, 5) is 26.3. The summed E-state index contributed by atoms with van der Waals surface area (Å²) in [6.45, 7) is 3.73. The Balaban J connectivity index is 1.95. The van der Waals surface area contributed by atoms with Gasteiger partial charge in [0.15, 0.2) is 0 Å². The highest BCUT2D eigenvalue weighted by Gasteiger charge is 2.27. The molecule has 2 heterocycles.